The zero-order valence-corrected chi connectivity index (χ0v) is 16.4. The number of benzene rings is 1. The summed E-state index contributed by atoms with van der Waals surface area (Å²) in [7, 11) is 0. The highest BCUT2D eigenvalue weighted by atomic mass is 35.5. The Morgan fingerprint density at radius 1 is 1.10 bits per heavy atom. The third-order valence-electron chi connectivity index (χ3n) is 6.09. The quantitative estimate of drug-likeness (QED) is 0.241. The number of carbonyl (C=O) groups is 2. The molecule has 8 nitrogen and oxygen atoms in total. The second-order valence-corrected chi connectivity index (χ2v) is 8.11. The summed E-state index contributed by atoms with van der Waals surface area (Å²) >= 11 is 5.84. The van der Waals surface area contributed by atoms with Crippen molar-refractivity contribution in [3.63, 3.8) is 0 Å². The number of hydrazone groups is 1. The third kappa shape index (κ3) is 2.87. The van der Waals surface area contributed by atoms with Crippen molar-refractivity contribution < 1.29 is 18.9 Å². The number of hydrogen-bond donors (Lipinski definition) is 0. The molecule has 1 saturated carbocycles. The highest BCUT2D eigenvalue weighted by molar-refractivity contribution is 6.32. The summed E-state index contributed by atoms with van der Waals surface area (Å²) in [6.45, 7) is 0. The van der Waals surface area contributed by atoms with E-state index in [2.05, 4.69) is 17.3 Å². The monoisotopic (exact) mass is 425 g/mol. The summed E-state index contributed by atoms with van der Waals surface area (Å²) in [5, 5.41) is 16.2. The summed E-state index contributed by atoms with van der Waals surface area (Å²) in [4.78, 5) is 36.1. The van der Waals surface area contributed by atoms with E-state index >= 15 is 0 Å². The molecular formula is C21H16ClN3O5. The number of carbonyl (C=O) groups excluding carboxylic acids is 2. The lowest BCUT2D eigenvalue weighted by atomic mass is 9.63. The number of furan rings is 1. The maximum atomic E-state index is 12.8. The maximum Gasteiger partial charge on any atom is 0.288 e. The Labute approximate surface area is 175 Å². The van der Waals surface area contributed by atoms with Gasteiger partial charge in [0.1, 0.15) is 16.5 Å². The highest BCUT2D eigenvalue weighted by Gasteiger charge is 2.56. The minimum atomic E-state index is -0.566. The van der Waals surface area contributed by atoms with Crippen LogP contribution in [0.4, 0.5) is 5.69 Å². The van der Waals surface area contributed by atoms with E-state index in [1.54, 1.807) is 18.2 Å². The Morgan fingerprint density at radius 2 is 1.77 bits per heavy atom. The molecule has 9 heteroatoms. The van der Waals surface area contributed by atoms with Crippen LogP contribution in [0.15, 0.2) is 52.0 Å². The molecule has 4 aliphatic rings. The average molecular weight is 426 g/mol. The Hall–Kier alpha value is -3.26. The first-order valence-corrected chi connectivity index (χ1v) is 9.96. The standard InChI is InChI=1S/C21H16ClN3O5/c22-15-7-5-13(9-16(15)25(28)29)17-8-6-14(30-17)10-23-24-20(26)18-11-1-2-12(4-3-11)19(18)21(24)27/h1-2,5-12,18-19H,3-4H2/b23-10-/t11-,12-,18-,19+/m0/s1. The van der Waals surface area contributed by atoms with Gasteiger partial charge in [0.05, 0.1) is 23.0 Å². The van der Waals surface area contributed by atoms with Gasteiger partial charge >= 0.3 is 0 Å². The predicted octanol–water partition coefficient (Wildman–Crippen LogP) is 4.04. The zero-order valence-electron chi connectivity index (χ0n) is 15.6. The van der Waals surface area contributed by atoms with Gasteiger partial charge in [-0.2, -0.15) is 10.1 Å². The number of nitro groups is 1. The average Bonchev–Trinajstić information content (AvgIpc) is 3.32. The molecule has 2 aromatic rings. The molecule has 0 N–H and O–H groups in total. The Morgan fingerprint density at radius 3 is 2.37 bits per heavy atom. The predicted molar refractivity (Wildman–Crippen MR) is 108 cm³/mol. The molecule has 2 amide bonds. The number of imide groups is 1. The van der Waals surface area contributed by atoms with Gasteiger partial charge in [-0.3, -0.25) is 19.7 Å². The van der Waals surface area contributed by atoms with Gasteiger partial charge in [-0.05, 0) is 48.9 Å². The van der Waals surface area contributed by atoms with Crippen LogP contribution >= 0.6 is 11.6 Å². The number of nitrogens with zero attached hydrogens (tertiary/aromatic N) is 3. The first-order valence-electron chi connectivity index (χ1n) is 9.58. The second-order valence-electron chi connectivity index (χ2n) is 7.70. The van der Waals surface area contributed by atoms with Gasteiger partial charge in [-0.15, -0.1) is 0 Å². The first kappa shape index (κ1) is 18.7. The summed E-state index contributed by atoms with van der Waals surface area (Å²) in [6, 6.07) is 7.60. The number of amides is 2. The molecule has 1 saturated heterocycles. The molecular weight excluding hydrogens is 410 g/mol. The summed E-state index contributed by atoms with van der Waals surface area (Å²) in [6.07, 6.45) is 7.27. The maximum absolute atomic E-state index is 12.8. The largest absolute Gasteiger partial charge is 0.455 e. The molecule has 2 fully saturated rings. The number of allylic oxidation sites excluding steroid dienone is 2. The van der Waals surface area contributed by atoms with Crippen LogP contribution in [-0.2, 0) is 9.59 Å². The van der Waals surface area contributed by atoms with Crippen LogP contribution in [0.5, 0.6) is 0 Å². The summed E-state index contributed by atoms with van der Waals surface area (Å²) in [5.74, 6) is -0.258. The van der Waals surface area contributed by atoms with Crippen LogP contribution in [-0.4, -0.2) is 28.0 Å². The SMILES string of the molecule is O=C1[C@@H]2[C@H](C(=O)N1/N=C\c1ccc(-c3ccc(Cl)c([N+](=O)[O-])c3)o1)[C@H]1C=C[C@H]2CC1. The molecule has 2 heterocycles. The lowest BCUT2D eigenvalue weighted by Gasteiger charge is -2.37. The minimum absolute atomic E-state index is 0.0353. The molecule has 152 valence electrons. The van der Waals surface area contributed by atoms with Crippen LogP contribution in [0.25, 0.3) is 11.3 Å². The second kappa shape index (κ2) is 6.91. The first-order chi connectivity index (χ1) is 14.4. The van der Waals surface area contributed by atoms with Crippen molar-refractivity contribution in [2.45, 2.75) is 12.8 Å². The van der Waals surface area contributed by atoms with Crippen molar-refractivity contribution in [2.24, 2.45) is 28.8 Å². The van der Waals surface area contributed by atoms with Gasteiger partial charge < -0.3 is 4.42 Å². The molecule has 1 aliphatic heterocycles. The molecule has 30 heavy (non-hydrogen) atoms. The van der Waals surface area contributed by atoms with Crippen molar-refractivity contribution in [3.05, 3.63) is 63.4 Å². The molecule has 4 atom stereocenters. The smallest absolute Gasteiger partial charge is 0.288 e. The Balaban J connectivity index is 1.37. The van der Waals surface area contributed by atoms with E-state index < -0.39 is 4.92 Å². The van der Waals surface area contributed by atoms with E-state index in [0.29, 0.717) is 17.1 Å². The van der Waals surface area contributed by atoms with Crippen molar-refractivity contribution in [3.8, 4) is 11.3 Å². The Kier molecular flexibility index (Phi) is 4.32. The number of hydrogen-bond acceptors (Lipinski definition) is 6. The number of nitro benzene ring substituents is 1. The molecule has 1 aromatic heterocycles. The topological polar surface area (TPSA) is 106 Å². The van der Waals surface area contributed by atoms with E-state index in [4.69, 9.17) is 16.0 Å². The molecule has 3 aliphatic carbocycles. The van der Waals surface area contributed by atoms with Gasteiger partial charge in [-0.1, -0.05) is 23.8 Å². The highest BCUT2D eigenvalue weighted by Crippen LogP contribution is 2.49. The number of fused-ring (bicyclic) bond motifs is 1. The molecule has 2 bridgehead atoms. The van der Waals surface area contributed by atoms with Crippen LogP contribution in [0.2, 0.25) is 5.02 Å². The van der Waals surface area contributed by atoms with Crippen molar-refractivity contribution >= 4 is 35.3 Å². The molecule has 0 unspecified atom stereocenters. The molecule has 6 rings (SSSR count). The Bertz CT molecular complexity index is 1110. The van der Waals surface area contributed by atoms with Crippen LogP contribution in [0, 0.1) is 33.8 Å². The number of rotatable bonds is 4. The van der Waals surface area contributed by atoms with Gasteiger partial charge in [-0.25, -0.2) is 0 Å². The third-order valence-corrected chi connectivity index (χ3v) is 6.41. The normalized spacial score (nSPS) is 27.3. The van der Waals surface area contributed by atoms with E-state index in [9.17, 15) is 19.7 Å². The van der Waals surface area contributed by atoms with Gasteiger partial charge in [0.15, 0.2) is 0 Å². The number of halogens is 1. The van der Waals surface area contributed by atoms with Gasteiger partial charge in [0.2, 0.25) is 0 Å². The zero-order chi connectivity index (χ0) is 21.0. The van der Waals surface area contributed by atoms with Crippen molar-refractivity contribution in [2.75, 3.05) is 0 Å². The fourth-order valence-electron chi connectivity index (χ4n) is 4.67. The molecule has 0 spiro atoms. The van der Waals surface area contributed by atoms with Crippen LogP contribution in [0.3, 0.4) is 0 Å². The minimum Gasteiger partial charge on any atom is -0.455 e. The lowest BCUT2D eigenvalue weighted by molar-refractivity contribution is -0.384. The van der Waals surface area contributed by atoms with Crippen LogP contribution in [0.1, 0.15) is 18.6 Å². The van der Waals surface area contributed by atoms with E-state index in [1.165, 1.54) is 18.3 Å². The van der Waals surface area contributed by atoms with E-state index in [-0.39, 0.29) is 46.2 Å². The summed E-state index contributed by atoms with van der Waals surface area (Å²) in [5.41, 5.74) is 0.257. The lowest BCUT2D eigenvalue weighted by Crippen LogP contribution is -2.38. The van der Waals surface area contributed by atoms with E-state index in [0.717, 1.165) is 17.9 Å². The van der Waals surface area contributed by atoms with Gasteiger partial charge in [0, 0.05) is 11.6 Å². The fourth-order valence-corrected chi connectivity index (χ4v) is 4.86. The van der Waals surface area contributed by atoms with E-state index in [1.807, 2.05) is 0 Å². The summed E-state index contributed by atoms with van der Waals surface area (Å²) < 4.78 is 5.67. The van der Waals surface area contributed by atoms with Crippen molar-refractivity contribution in [1.82, 2.24) is 5.01 Å². The van der Waals surface area contributed by atoms with Gasteiger partial charge in [0.25, 0.3) is 17.5 Å². The fraction of sp³-hybridized carbons (Fsp3) is 0.286. The van der Waals surface area contributed by atoms with Crippen LogP contribution < -0.4 is 0 Å². The molecule has 0 radical (unpaired) electrons. The van der Waals surface area contributed by atoms with Crippen molar-refractivity contribution in [1.29, 1.82) is 0 Å². The molecule has 1 aromatic carbocycles.